The molecule has 2 aromatic rings. The molecule has 0 aliphatic carbocycles. The van der Waals surface area contributed by atoms with E-state index in [2.05, 4.69) is 22.0 Å². The number of nitriles is 1. The molecule has 3 nitrogen and oxygen atoms in total. The Balaban J connectivity index is 2.22. The van der Waals surface area contributed by atoms with Crippen molar-refractivity contribution in [3.63, 3.8) is 0 Å². The van der Waals surface area contributed by atoms with Gasteiger partial charge in [-0.25, -0.2) is 0 Å². The molecule has 0 bridgehead atoms. The van der Waals surface area contributed by atoms with Crippen molar-refractivity contribution in [3.05, 3.63) is 52.5 Å². The van der Waals surface area contributed by atoms with Gasteiger partial charge >= 0.3 is 0 Å². The highest BCUT2D eigenvalue weighted by Gasteiger charge is 2.02. The lowest BCUT2D eigenvalue weighted by molar-refractivity contribution is 0.413. The van der Waals surface area contributed by atoms with Crippen molar-refractivity contribution in [3.8, 4) is 23.3 Å². The van der Waals surface area contributed by atoms with Crippen LogP contribution < -0.4 is 9.47 Å². The molecule has 0 unspecified atom stereocenters. The third-order valence-corrected chi connectivity index (χ3v) is 2.75. The summed E-state index contributed by atoms with van der Waals surface area (Å²) >= 11 is 3.34. The van der Waals surface area contributed by atoms with E-state index >= 15 is 0 Å². The van der Waals surface area contributed by atoms with Crippen molar-refractivity contribution >= 4 is 15.9 Å². The van der Waals surface area contributed by atoms with E-state index in [4.69, 9.17) is 14.7 Å². The van der Waals surface area contributed by atoms with Crippen LogP contribution in [0.5, 0.6) is 17.2 Å². The molecule has 0 aliphatic rings. The zero-order chi connectivity index (χ0) is 13.0. The highest BCUT2D eigenvalue weighted by atomic mass is 79.9. The summed E-state index contributed by atoms with van der Waals surface area (Å²) in [7, 11) is 1.61. The van der Waals surface area contributed by atoms with E-state index in [1.807, 2.05) is 30.3 Å². The third kappa shape index (κ3) is 3.02. The number of halogens is 1. The summed E-state index contributed by atoms with van der Waals surface area (Å²) in [6.07, 6.45) is 0. The van der Waals surface area contributed by atoms with Crippen LogP contribution >= 0.6 is 15.9 Å². The molecule has 2 aromatic carbocycles. The van der Waals surface area contributed by atoms with Gasteiger partial charge in [-0.2, -0.15) is 5.26 Å². The minimum atomic E-state index is 0.549. The summed E-state index contributed by atoms with van der Waals surface area (Å²) < 4.78 is 11.5. The van der Waals surface area contributed by atoms with E-state index in [0.717, 1.165) is 10.2 Å². The maximum Gasteiger partial charge on any atom is 0.129 e. The maximum atomic E-state index is 8.88. The van der Waals surface area contributed by atoms with Crippen LogP contribution in [-0.4, -0.2) is 7.11 Å². The summed E-state index contributed by atoms with van der Waals surface area (Å²) in [6.45, 7) is 0. The molecular weight excluding hydrogens is 294 g/mol. The highest BCUT2D eigenvalue weighted by Crippen LogP contribution is 2.27. The Bertz CT molecular complexity index is 588. The van der Waals surface area contributed by atoms with Gasteiger partial charge in [0.05, 0.1) is 18.7 Å². The standard InChI is InChI=1S/C14H10BrNO2/c1-17-12-2-4-13(5-3-12)18-14-7-10(9-16)6-11(15)8-14/h2-8H,1H3. The monoisotopic (exact) mass is 303 g/mol. The van der Waals surface area contributed by atoms with E-state index in [1.165, 1.54) is 0 Å². The van der Waals surface area contributed by atoms with E-state index < -0.39 is 0 Å². The SMILES string of the molecule is COc1ccc(Oc2cc(Br)cc(C#N)c2)cc1. The fraction of sp³-hybridized carbons (Fsp3) is 0.0714. The van der Waals surface area contributed by atoms with Crippen LogP contribution in [0.3, 0.4) is 0 Å². The zero-order valence-electron chi connectivity index (χ0n) is 9.68. The molecule has 0 amide bonds. The number of hydrogen-bond acceptors (Lipinski definition) is 3. The van der Waals surface area contributed by atoms with Crippen molar-refractivity contribution in [1.82, 2.24) is 0 Å². The second-order valence-electron chi connectivity index (χ2n) is 3.57. The van der Waals surface area contributed by atoms with Crippen molar-refractivity contribution in [2.45, 2.75) is 0 Å². The minimum Gasteiger partial charge on any atom is -0.497 e. The van der Waals surface area contributed by atoms with Gasteiger partial charge in [0.15, 0.2) is 0 Å². The van der Waals surface area contributed by atoms with Crippen molar-refractivity contribution in [1.29, 1.82) is 5.26 Å². The van der Waals surface area contributed by atoms with Gasteiger partial charge in [0.2, 0.25) is 0 Å². The average molecular weight is 304 g/mol. The molecule has 0 spiro atoms. The van der Waals surface area contributed by atoms with Crippen LogP contribution in [0.1, 0.15) is 5.56 Å². The molecule has 0 saturated heterocycles. The topological polar surface area (TPSA) is 42.2 Å². The average Bonchev–Trinajstić information content (AvgIpc) is 2.39. The van der Waals surface area contributed by atoms with E-state index in [0.29, 0.717) is 17.1 Å². The Hall–Kier alpha value is -1.99. The van der Waals surface area contributed by atoms with Gasteiger partial charge in [-0.3, -0.25) is 0 Å². The number of nitrogens with zero attached hydrogens (tertiary/aromatic N) is 1. The van der Waals surface area contributed by atoms with Crippen molar-refractivity contribution in [2.24, 2.45) is 0 Å². The van der Waals surface area contributed by atoms with E-state index in [9.17, 15) is 0 Å². The second kappa shape index (κ2) is 5.56. The lowest BCUT2D eigenvalue weighted by Crippen LogP contribution is -1.87. The fourth-order valence-electron chi connectivity index (χ4n) is 1.47. The number of methoxy groups -OCH3 is 1. The maximum absolute atomic E-state index is 8.88. The molecule has 0 aromatic heterocycles. The predicted molar refractivity (Wildman–Crippen MR) is 71.9 cm³/mol. The molecule has 0 saturated carbocycles. The first-order valence-corrected chi connectivity index (χ1v) is 6.03. The molecule has 18 heavy (non-hydrogen) atoms. The largest absolute Gasteiger partial charge is 0.497 e. The first-order valence-electron chi connectivity index (χ1n) is 5.24. The number of hydrogen-bond donors (Lipinski definition) is 0. The molecule has 0 atom stereocenters. The summed E-state index contributed by atoms with van der Waals surface area (Å²) in [5.74, 6) is 2.08. The predicted octanol–water partition coefficient (Wildman–Crippen LogP) is 4.12. The molecule has 2 rings (SSSR count). The van der Waals surface area contributed by atoms with E-state index in [1.54, 1.807) is 19.2 Å². The Labute approximate surface area is 114 Å². The first-order chi connectivity index (χ1) is 8.71. The second-order valence-corrected chi connectivity index (χ2v) is 4.48. The normalized spacial score (nSPS) is 9.61. The fourth-order valence-corrected chi connectivity index (χ4v) is 1.94. The molecule has 0 aliphatic heterocycles. The van der Waals surface area contributed by atoms with Gasteiger partial charge < -0.3 is 9.47 Å². The summed E-state index contributed by atoms with van der Waals surface area (Å²) in [6, 6.07) is 14.6. The molecule has 4 heteroatoms. The van der Waals surface area contributed by atoms with Crippen molar-refractivity contribution < 1.29 is 9.47 Å². The Kier molecular flexibility index (Phi) is 3.85. The van der Waals surface area contributed by atoms with Gasteiger partial charge in [-0.1, -0.05) is 15.9 Å². The molecule has 0 N–H and O–H groups in total. The van der Waals surface area contributed by atoms with E-state index in [-0.39, 0.29) is 0 Å². The molecule has 90 valence electrons. The van der Waals surface area contributed by atoms with Crippen LogP contribution in [0.2, 0.25) is 0 Å². The third-order valence-electron chi connectivity index (χ3n) is 2.30. The Morgan fingerprint density at radius 1 is 1.00 bits per heavy atom. The summed E-state index contributed by atoms with van der Waals surface area (Å²) in [5, 5.41) is 8.88. The smallest absolute Gasteiger partial charge is 0.129 e. The van der Waals surface area contributed by atoms with Gasteiger partial charge in [0.25, 0.3) is 0 Å². The van der Waals surface area contributed by atoms with Crippen LogP contribution in [-0.2, 0) is 0 Å². The van der Waals surface area contributed by atoms with Crippen LogP contribution in [0, 0.1) is 11.3 Å². The van der Waals surface area contributed by atoms with Gasteiger partial charge in [0.1, 0.15) is 17.2 Å². The zero-order valence-corrected chi connectivity index (χ0v) is 11.3. The van der Waals surface area contributed by atoms with Gasteiger partial charge in [-0.05, 0) is 42.5 Å². The minimum absolute atomic E-state index is 0.549. The van der Waals surface area contributed by atoms with Crippen LogP contribution in [0.25, 0.3) is 0 Å². The molecule has 0 radical (unpaired) electrons. The number of benzene rings is 2. The van der Waals surface area contributed by atoms with Crippen LogP contribution in [0.4, 0.5) is 0 Å². The molecular formula is C14H10BrNO2. The quantitative estimate of drug-likeness (QED) is 0.856. The lowest BCUT2D eigenvalue weighted by Gasteiger charge is -2.07. The first kappa shape index (κ1) is 12.5. The number of ether oxygens (including phenoxy) is 2. The summed E-state index contributed by atoms with van der Waals surface area (Å²) in [4.78, 5) is 0. The Morgan fingerprint density at radius 3 is 2.28 bits per heavy atom. The van der Waals surface area contributed by atoms with Crippen molar-refractivity contribution in [2.75, 3.05) is 7.11 Å². The van der Waals surface area contributed by atoms with Gasteiger partial charge in [-0.15, -0.1) is 0 Å². The van der Waals surface area contributed by atoms with Crippen LogP contribution in [0.15, 0.2) is 46.9 Å². The number of rotatable bonds is 3. The lowest BCUT2D eigenvalue weighted by atomic mass is 10.2. The highest BCUT2D eigenvalue weighted by molar-refractivity contribution is 9.10. The summed E-state index contributed by atoms with van der Waals surface area (Å²) in [5.41, 5.74) is 0.549. The van der Waals surface area contributed by atoms with Gasteiger partial charge in [0, 0.05) is 4.47 Å². The Morgan fingerprint density at radius 2 is 1.67 bits per heavy atom. The molecule has 0 fully saturated rings. The molecule has 0 heterocycles.